The number of phenolic OH excluding ortho intramolecular Hbond substituents is 3. The van der Waals surface area contributed by atoms with E-state index < -0.39 is 11.5 Å². The molecule has 0 radical (unpaired) electrons. The van der Waals surface area contributed by atoms with Gasteiger partial charge in [0.05, 0.1) is 0 Å². The SMILES string of the molecule is CCC(CCCc1cc(O)cc(O)c1O)CC(C)(N)C(=O)O. The molecule has 0 amide bonds. The molecule has 0 aromatic heterocycles. The smallest absolute Gasteiger partial charge is 0.323 e. The minimum absolute atomic E-state index is 0.0993. The molecule has 0 bridgehead atoms. The zero-order chi connectivity index (χ0) is 16.9. The van der Waals surface area contributed by atoms with Crippen molar-refractivity contribution >= 4 is 5.97 Å². The van der Waals surface area contributed by atoms with Gasteiger partial charge in [-0.2, -0.15) is 0 Å². The molecule has 0 aliphatic rings. The summed E-state index contributed by atoms with van der Waals surface area (Å²) >= 11 is 0. The van der Waals surface area contributed by atoms with Crippen LogP contribution in [0, 0.1) is 5.92 Å². The lowest BCUT2D eigenvalue weighted by atomic mass is 9.85. The third-order valence-corrected chi connectivity index (χ3v) is 3.99. The Morgan fingerprint density at radius 3 is 2.50 bits per heavy atom. The Morgan fingerprint density at radius 2 is 1.95 bits per heavy atom. The van der Waals surface area contributed by atoms with E-state index in [0.717, 1.165) is 18.9 Å². The minimum Gasteiger partial charge on any atom is -0.508 e. The van der Waals surface area contributed by atoms with Crippen molar-refractivity contribution in [3.8, 4) is 17.2 Å². The van der Waals surface area contributed by atoms with E-state index >= 15 is 0 Å². The van der Waals surface area contributed by atoms with Crippen molar-refractivity contribution in [2.45, 2.75) is 51.5 Å². The maximum atomic E-state index is 11.1. The van der Waals surface area contributed by atoms with Gasteiger partial charge >= 0.3 is 5.97 Å². The first-order valence-corrected chi connectivity index (χ1v) is 7.43. The Hall–Kier alpha value is -1.95. The molecule has 2 unspecified atom stereocenters. The molecule has 0 fully saturated rings. The first-order chi connectivity index (χ1) is 10.2. The van der Waals surface area contributed by atoms with Crippen LogP contribution in [-0.2, 0) is 11.2 Å². The van der Waals surface area contributed by atoms with E-state index in [-0.39, 0.29) is 23.2 Å². The van der Waals surface area contributed by atoms with E-state index in [4.69, 9.17) is 10.8 Å². The molecule has 6 N–H and O–H groups in total. The maximum Gasteiger partial charge on any atom is 0.323 e. The number of carboxylic acid groups (broad SMARTS) is 1. The van der Waals surface area contributed by atoms with Crippen molar-refractivity contribution in [1.29, 1.82) is 0 Å². The number of phenols is 3. The van der Waals surface area contributed by atoms with Gasteiger partial charge in [0, 0.05) is 11.6 Å². The normalized spacial score (nSPS) is 15.2. The standard InChI is InChI=1S/C16H25NO5/c1-3-10(9-16(2,17)15(21)22)5-4-6-11-7-12(18)8-13(19)14(11)20/h7-8,10,18-20H,3-6,9,17H2,1-2H3,(H,21,22). The summed E-state index contributed by atoms with van der Waals surface area (Å²) < 4.78 is 0. The second kappa shape index (κ2) is 7.35. The van der Waals surface area contributed by atoms with Crippen LogP contribution >= 0.6 is 0 Å². The summed E-state index contributed by atoms with van der Waals surface area (Å²) in [5.41, 5.74) is 5.01. The Balaban J connectivity index is 2.60. The van der Waals surface area contributed by atoms with Crippen LogP contribution in [0.2, 0.25) is 0 Å². The van der Waals surface area contributed by atoms with Crippen molar-refractivity contribution in [2.75, 3.05) is 0 Å². The fourth-order valence-electron chi connectivity index (χ4n) is 2.57. The number of aliphatic carboxylic acids is 1. The second-order valence-corrected chi connectivity index (χ2v) is 6.07. The predicted molar refractivity (Wildman–Crippen MR) is 83.0 cm³/mol. The van der Waals surface area contributed by atoms with Crippen LogP contribution in [-0.4, -0.2) is 31.9 Å². The molecule has 1 rings (SSSR count). The molecule has 0 saturated carbocycles. The number of aromatic hydroxyl groups is 3. The molecule has 0 aliphatic heterocycles. The van der Waals surface area contributed by atoms with Crippen molar-refractivity contribution in [2.24, 2.45) is 11.7 Å². The van der Waals surface area contributed by atoms with Gasteiger partial charge < -0.3 is 26.2 Å². The number of nitrogens with two attached hydrogens (primary N) is 1. The van der Waals surface area contributed by atoms with Gasteiger partial charge in [-0.15, -0.1) is 0 Å². The first kappa shape index (κ1) is 18.1. The zero-order valence-corrected chi connectivity index (χ0v) is 13.0. The van der Waals surface area contributed by atoms with Crippen LogP contribution in [0.4, 0.5) is 0 Å². The Morgan fingerprint density at radius 1 is 1.32 bits per heavy atom. The molecule has 0 spiro atoms. The minimum atomic E-state index is -1.24. The number of hydrogen-bond acceptors (Lipinski definition) is 5. The van der Waals surface area contributed by atoms with E-state index in [2.05, 4.69) is 0 Å². The lowest BCUT2D eigenvalue weighted by Gasteiger charge is -2.25. The third-order valence-electron chi connectivity index (χ3n) is 3.99. The van der Waals surface area contributed by atoms with Crippen molar-refractivity contribution in [1.82, 2.24) is 0 Å². The van der Waals surface area contributed by atoms with Gasteiger partial charge in [-0.05, 0) is 38.2 Å². The molecule has 6 heteroatoms. The number of benzene rings is 1. The first-order valence-electron chi connectivity index (χ1n) is 7.43. The quantitative estimate of drug-likeness (QED) is 0.371. The van der Waals surface area contributed by atoms with E-state index in [1.165, 1.54) is 13.0 Å². The summed E-state index contributed by atoms with van der Waals surface area (Å²) in [6.07, 6.45) is 3.14. The van der Waals surface area contributed by atoms with Crippen LogP contribution in [0.25, 0.3) is 0 Å². The number of aryl methyl sites for hydroxylation is 1. The summed E-state index contributed by atoms with van der Waals surface area (Å²) in [6, 6.07) is 2.50. The summed E-state index contributed by atoms with van der Waals surface area (Å²) in [4.78, 5) is 11.1. The van der Waals surface area contributed by atoms with Crippen LogP contribution in [0.3, 0.4) is 0 Å². The summed E-state index contributed by atoms with van der Waals surface area (Å²) in [6.45, 7) is 3.50. The largest absolute Gasteiger partial charge is 0.508 e. The van der Waals surface area contributed by atoms with E-state index in [1.807, 2.05) is 6.92 Å². The third kappa shape index (κ3) is 4.80. The molecule has 22 heavy (non-hydrogen) atoms. The lowest BCUT2D eigenvalue weighted by molar-refractivity contribution is -0.143. The van der Waals surface area contributed by atoms with Crippen LogP contribution in [0.5, 0.6) is 17.2 Å². The number of hydrogen-bond donors (Lipinski definition) is 5. The fraction of sp³-hybridized carbons (Fsp3) is 0.562. The Labute approximate surface area is 130 Å². The molecule has 1 aromatic rings. The highest BCUT2D eigenvalue weighted by atomic mass is 16.4. The van der Waals surface area contributed by atoms with Crippen molar-refractivity contribution in [3.05, 3.63) is 17.7 Å². The summed E-state index contributed by atoms with van der Waals surface area (Å²) in [7, 11) is 0. The molecule has 0 aliphatic carbocycles. The molecule has 124 valence electrons. The molecule has 0 saturated heterocycles. The fourth-order valence-corrected chi connectivity index (χ4v) is 2.57. The molecular weight excluding hydrogens is 286 g/mol. The highest BCUT2D eigenvalue weighted by Gasteiger charge is 2.30. The Kier molecular flexibility index (Phi) is 6.05. The van der Waals surface area contributed by atoms with Gasteiger partial charge in [0.15, 0.2) is 11.5 Å². The number of carboxylic acids is 1. The summed E-state index contributed by atoms with van der Waals surface area (Å²) in [5.74, 6) is -1.51. The van der Waals surface area contributed by atoms with Crippen molar-refractivity contribution in [3.63, 3.8) is 0 Å². The van der Waals surface area contributed by atoms with Crippen LogP contribution in [0.1, 0.15) is 45.1 Å². The van der Waals surface area contributed by atoms with Gasteiger partial charge in [-0.25, -0.2) is 0 Å². The van der Waals surface area contributed by atoms with Crippen LogP contribution in [0.15, 0.2) is 12.1 Å². The maximum absolute atomic E-state index is 11.1. The Bertz CT molecular complexity index is 528. The van der Waals surface area contributed by atoms with Gasteiger partial charge in [0.1, 0.15) is 11.3 Å². The molecule has 1 aromatic carbocycles. The summed E-state index contributed by atoms with van der Waals surface area (Å²) in [5, 5.41) is 37.7. The van der Waals surface area contributed by atoms with Gasteiger partial charge in [-0.1, -0.05) is 19.8 Å². The van der Waals surface area contributed by atoms with Gasteiger partial charge in [0.25, 0.3) is 0 Å². The zero-order valence-electron chi connectivity index (χ0n) is 13.0. The average Bonchev–Trinajstić information content (AvgIpc) is 2.42. The molecule has 0 heterocycles. The second-order valence-electron chi connectivity index (χ2n) is 6.07. The van der Waals surface area contributed by atoms with Crippen molar-refractivity contribution < 1.29 is 25.2 Å². The highest BCUT2D eigenvalue weighted by Crippen LogP contribution is 2.34. The van der Waals surface area contributed by atoms with E-state index in [9.17, 15) is 20.1 Å². The lowest BCUT2D eigenvalue weighted by Crippen LogP contribution is -2.46. The topological polar surface area (TPSA) is 124 Å². The van der Waals surface area contributed by atoms with Gasteiger partial charge in [-0.3, -0.25) is 4.79 Å². The number of rotatable bonds is 8. The highest BCUT2D eigenvalue weighted by molar-refractivity contribution is 5.77. The molecule has 2 atom stereocenters. The van der Waals surface area contributed by atoms with Crippen LogP contribution < -0.4 is 5.73 Å². The molecule has 6 nitrogen and oxygen atoms in total. The van der Waals surface area contributed by atoms with E-state index in [1.54, 1.807) is 0 Å². The van der Waals surface area contributed by atoms with Gasteiger partial charge in [0.2, 0.25) is 0 Å². The number of carbonyl (C=O) groups is 1. The van der Waals surface area contributed by atoms with E-state index in [0.29, 0.717) is 24.8 Å². The predicted octanol–water partition coefficient (Wildman–Crippen LogP) is 2.34. The average molecular weight is 311 g/mol. The monoisotopic (exact) mass is 311 g/mol. The molecular formula is C16H25NO5.